The largest absolute Gasteiger partial charge is 0.489 e. The van der Waals surface area contributed by atoms with E-state index < -0.39 is 0 Å². The lowest BCUT2D eigenvalue weighted by Gasteiger charge is -2.28. The summed E-state index contributed by atoms with van der Waals surface area (Å²) in [5.41, 5.74) is 0. The van der Waals surface area contributed by atoms with Crippen molar-refractivity contribution in [3.63, 3.8) is 0 Å². The number of aromatic nitrogens is 2. The van der Waals surface area contributed by atoms with Gasteiger partial charge in [-0.3, -0.25) is 0 Å². The topological polar surface area (TPSA) is 59.5 Å². The maximum Gasteiger partial charge on any atom is 0.257 e. The lowest BCUT2D eigenvalue weighted by molar-refractivity contribution is 0.212. The fourth-order valence-corrected chi connectivity index (χ4v) is 2.72. The van der Waals surface area contributed by atoms with Crippen LogP contribution in [0.15, 0.2) is 29.2 Å². The highest BCUT2D eigenvalue weighted by atomic mass is 32.1. The predicted molar refractivity (Wildman–Crippen MR) is 82.4 cm³/mol. The molecule has 0 spiro atoms. The third kappa shape index (κ3) is 3.83. The minimum absolute atomic E-state index is 0.452. The third-order valence-electron chi connectivity index (χ3n) is 3.15. The summed E-state index contributed by atoms with van der Waals surface area (Å²) < 4.78 is 11.3. The highest BCUT2D eigenvalue weighted by Crippen LogP contribution is 2.22. The van der Waals surface area contributed by atoms with Gasteiger partial charge in [0.05, 0.1) is 0 Å². The number of nitrogens with zero attached hydrogens (tertiary/aromatic N) is 3. The molecular weight excluding hydrogens is 288 g/mol. The first kappa shape index (κ1) is 14.1. The number of nitrogens with one attached hydrogen (secondary N) is 1. The molecule has 0 aliphatic carbocycles. The van der Waals surface area contributed by atoms with Crippen LogP contribution in [-0.4, -0.2) is 49.4 Å². The van der Waals surface area contributed by atoms with Crippen LogP contribution in [0, 0.1) is 0 Å². The Morgan fingerprint density at radius 2 is 1.95 bits per heavy atom. The molecule has 1 fully saturated rings. The van der Waals surface area contributed by atoms with Gasteiger partial charge in [-0.1, -0.05) is 0 Å². The molecule has 6 nitrogen and oxygen atoms in total. The van der Waals surface area contributed by atoms with E-state index in [0.29, 0.717) is 19.1 Å². The molecule has 7 heteroatoms. The van der Waals surface area contributed by atoms with Gasteiger partial charge in [0, 0.05) is 44.0 Å². The van der Waals surface area contributed by atoms with E-state index in [1.54, 1.807) is 23.7 Å². The monoisotopic (exact) mass is 306 g/mol. The van der Waals surface area contributed by atoms with E-state index in [9.17, 15) is 0 Å². The smallest absolute Gasteiger partial charge is 0.257 e. The molecule has 0 bridgehead atoms. The van der Waals surface area contributed by atoms with Crippen molar-refractivity contribution >= 4 is 17.2 Å². The summed E-state index contributed by atoms with van der Waals surface area (Å²) in [6.07, 6.45) is 3.35. The molecule has 0 unspecified atom stereocenters. The molecule has 0 aromatic carbocycles. The Morgan fingerprint density at radius 1 is 1.14 bits per heavy atom. The lowest BCUT2D eigenvalue weighted by atomic mass is 10.3. The van der Waals surface area contributed by atoms with Gasteiger partial charge in [-0.25, -0.2) is 9.97 Å². The molecule has 2 aromatic heterocycles. The van der Waals surface area contributed by atoms with Crippen molar-refractivity contribution in [3.05, 3.63) is 29.2 Å². The van der Waals surface area contributed by atoms with Crippen molar-refractivity contribution < 1.29 is 9.47 Å². The van der Waals surface area contributed by atoms with Crippen molar-refractivity contribution in [2.24, 2.45) is 0 Å². The summed E-state index contributed by atoms with van der Waals surface area (Å²) in [4.78, 5) is 10.9. The fourth-order valence-electron chi connectivity index (χ4n) is 2.15. The van der Waals surface area contributed by atoms with Crippen LogP contribution in [0.25, 0.3) is 0 Å². The summed E-state index contributed by atoms with van der Waals surface area (Å²) in [6, 6.07) is 1.94. The van der Waals surface area contributed by atoms with Gasteiger partial charge in [0.15, 0.2) is 5.82 Å². The van der Waals surface area contributed by atoms with E-state index in [1.165, 1.54) is 0 Å². The highest BCUT2D eigenvalue weighted by Gasteiger charge is 2.17. The SMILES string of the molecule is c1cnc(N2CCNCC2)c(OCCOc2ccsc2)n1. The fraction of sp³-hybridized carbons (Fsp3) is 0.429. The van der Waals surface area contributed by atoms with Gasteiger partial charge >= 0.3 is 0 Å². The summed E-state index contributed by atoms with van der Waals surface area (Å²) in [5.74, 6) is 2.27. The number of hydrogen-bond acceptors (Lipinski definition) is 7. The van der Waals surface area contributed by atoms with Gasteiger partial charge in [0.2, 0.25) is 0 Å². The first-order chi connectivity index (χ1) is 10.4. The summed E-state index contributed by atoms with van der Waals surface area (Å²) in [6.45, 7) is 4.69. The second kappa shape index (κ2) is 7.24. The molecule has 2 aromatic rings. The molecule has 1 N–H and O–H groups in total. The zero-order valence-corrected chi connectivity index (χ0v) is 12.5. The number of anilines is 1. The Morgan fingerprint density at radius 3 is 2.76 bits per heavy atom. The molecular formula is C14H18N4O2S. The van der Waals surface area contributed by atoms with Gasteiger partial charge in [-0.05, 0) is 11.4 Å². The molecule has 1 saturated heterocycles. The quantitative estimate of drug-likeness (QED) is 0.814. The average Bonchev–Trinajstić information content (AvgIpc) is 3.06. The predicted octanol–water partition coefficient (Wildman–Crippen LogP) is 1.41. The zero-order valence-electron chi connectivity index (χ0n) is 11.7. The van der Waals surface area contributed by atoms with Crippen molar-refractivity contribution in [2.45, 2.75) is 0 Å². The molecule has 21 heavy (non-hydrogen) atoms. The minimum atomic E-state index is 0.452. The molecule has 112 valence electrons. The Labute approximate surface area is 127 Å². The van der Waals surface area contributed by atoms with Crippen LogP contribution in [0.1, 0.15) is 0 Å². The Hall–Kier alpha value is -1.86. The first-order valence-corrected chi connectivity index (χ1v) is 7.92. The average molecular weight is 306 g/mol. The van der Waals surface area contributed by atoms with Gasteiger partial charge in [-0.15, -0.1) is 11.3 Å². The van der Waals surface area contributed by atoms with Crippen molar-refractivity contribution in [2.75, 3.05) is 44.3 Å². The number of piperazine rings is 1. The Balaban J connectivity index is 1.54. The molecule has 1 aliphatic rings. The van der Waals surface area contributed by atoms with Crippen LogP contribution >= 0.6 is 11.3 Å². The zero-order chi connectivity index (χ0) is 14.3. The van der Waals surface area contributed by atoms with Gasteiger partial charge in [0.1, 0.15) is 19.0 Å². The van der Waals surface area contributed by atoms with E-state index in [1.807, 2.05) is 16.8 Å². The molecule has 0 radical (unpaired) electrons. The molecule has 1 aliphatic heterocycles. The standard InChI is InChI=1S/C14H18N4O2S/c1-10-21-11-12(1)19-8-9-20-14-13(16-2-3-17-14)18-6-4-15-5-7-18/h1-3,10-11,15H,4-9H2. The highest BCUT2D eigenvalue weighted by molar-refractivity contribution is 7.08. The molecule has 3 rings (SSSR count). The van der Waals surface area contributed by atoms with Crippen molar-refractivity contribution in [1.82, 2.24) is 15.3 Å². The van der Waals surface area contributed by atoms with Crippen molar-refractivity contribution in [1.29, 1.82) is 0 Å². The summed E-state index contributed by atoms with van der Waals surface area (Å²) in [7, 11) is 0. The molecule has 0 atom stereocenters. The first-order valence-electron chi connectivity index (χ1n) is 6.98. The van der Waals surface area contributed by atoms with E-state index in [-0.39, 0.29) is 0 Å². The Bertz CT molecular complexity index is 544. The van der Waals surface area contributed by atoms with Gasteiger partial charge in [0.25, 0.3) is 5.88 Å². The van der Waals surface area contributed by atoms with Crippen LogP contribution in [0.2, 0.25) is 0 Å². The minimum Gasteiger partial charge on any atom is -0.489 e. The van der Waals surface area contributed by atoms with Gasteiger partial charge in [-0.2, -0.15) is 0 Å². The molecule has 0 amide bonds. The van der Waals surface area contributed by atoms with E-state index >= 15 is 0 Å². The molecule has 0 saturated carbocycles. The summed E-state index contributed by atoms with van der Waals surface area (Å²) in [5, 5.41) is 7.28. The van der Waals surface area contributed by atoms with Crippen LogP contribution in [0.4, 0.5) is 5.82 Å². The lowest BCUT2D eigenvalue weighted by Crippen LogP contribution is -2.44. The number of rotatable bonds is 6. The Kier molecular flexibility index (Phi) is 4.86. The van der Waals surface area contributed by atoms with Crippen molar-refractivity contribution in [3.8, 4) is 11.6 Å². The van der Waals surface area contributed by atoms with E-state index in [0.717, 1.165) is 37.7 Å². The normalized spacial score (nSPS) is 15.0. The second-order valence-corrected chi connectivity index (χ2v) is 5.36. The summed E-state index contributed by atoms with van der Waals surface area (Å²) >= 11 is 1.61. The molecule has 3 heterocycles. The second-order valence-electron chi connectivity index (χ2n) is 4.58. The van der Waals surface area contributed by atoms with Gasteiger partial charge < -0.3 is 19.7 Å². The number of hydrogen-bond donors (Lipinski definition) is 1. The maximum atomic E-state index is 5.73. The maximum absolute atomic E-state index is 5.73. The van der Waals surface area contributed by atoms with E-state index in [2.05, 4.69) is 20.2 Å². The van der Waals surface area contributed by atoms with Crippen LogP contribution < -0.4 is 19.7 Å². The third-order valence-corrected chi connectivity index (χ3v) is 3.81. The van der Waals surface area contributed by atoms with E-state index in [4.69, 9.17) is 9.47 Å². The number of ether oxygens (including phenoxy) is 2. The number of thiophene rings is 1. The van der Waals surface area contributed by atoms with Crippen LogP contribution in [0.5, 0.6) is 11.6 Å². The van der Waals surface area contributed by atoms with Crippen LogP contribution in [-0.2, 0) is 0 Å². The van der Waals surface area contributed by atoms with Crippen LogP contribution in [0.3, 0.4) is 0 Å².